The molecule has 3 heteroatoms. The van der Waals surface area contributed by atoms with Crippen molar-refractivity contribution in [2.75, 3.05) is 13.1 Å². The van der Waals surface area contributed by atoms with Crippen molar-refractivity contribution in [2.45, 2.75) is 25.7 Å². The third kappa shape index (κ3) is 3.01. The van der Waals surface area contributed by atoms with Crippen LogP contribution in [0, 0.1) is 0 Å². The first-order valence-electron chi connectivity index (χ1n) is 3.91. The number of hydrogen-bond acceptors (Lipinski definition) is 1. The molecular formula is C7H14N2S. The molecule has 2 N–H and O–H groups in total. The van der Waals surface area contributed by atoms with Crippen LogP contribution in [0.15, 0.2) is 0 Å². The topological polar surface area (TPSA) is 24.1 Å². The Kier molecular flexibility index (Phi) is 3.50. The summed E-state index contributed by atoms with van der Waals surface area (Å²) in [6, 6.07) is 0. The van der Waals surface area contributed by atoms with Gasteiger partial charge in [-0.25, -0.2) is 0 Å². The lowest BCUT2D eigenvalue weighted by Gasteiger charge is -2.05. The van der Waals surface area contributed by atoms with Gasteiger partial charge in [0.1, 0.15) is 0 Å². The van der Waals surface area contributed by atoms with Crippen LogP contribution in [0.1, 0.15) is 25.7 Å². The summed E-state index contributed by atoms with van der Waals surface area (Å²) in [5.74, 6) is 0. The van der Waals surface area contributed by atoms with Gasteiger partial charge < -0.3 is 10.6 Å². The third-order valence-corrected chi connectivity index (χ3v) is 1.96. The Morgan fingerprint density at radius 3 is 1.90 bits per heavy atom. The van der Waals surface area contributed by atoms with E-state index in [1.807, 2.05) is 0 Å². The standard InChI is InChI=1S/C7H14N2S/c10-7-8-5-3-1-2-4-6-9-7/h1-6H2,(H2,8,9,10). The van der Waals surface area contributed by atoms with Gasteiger partial charge in [-0.15, -0.1) is 0 Å². The van der Waals surface area contributed by atoms with Crippen molar-refractivity contribution in [3.8, 4) is 0 Å². The molecule has 0 aliphatic carbocycles. The average molecular weight is 158 g/mol. The van der Waals surface area contributed by atoms with Gasteiger partial charge in [-0.2, -0.15) is 0 Å². The van der Waals surface area contributed by atoms with Gasteiger partial charge in [0.25, 0.3) is 0 Å². The molecule has 0 aromatic carbocycles. The fraction of sp³-hybridized carbons (Fsp3) is 0.857. The Balaban J connectivity index is 2.21. The van der Waals surface area contributed by atoms with E-state index in [2.05, 4.69) is 10.6 Å². The van der Waals surface area contributed by atoms with Crippen LogP contribution in [0.25, 0.3) is 0 Å². The first-order valence-corrected chi connectivity index (χ1v) is 4.32. The maximum atomic E-state index is 4.99. The van der Waals surface area contributed by atoms with Crippen LogP contribution in [0.2, 0.25) is 0 Å². The molecule has 1 rings (SSSR count). The van der Waals surface area contributed by atoms with Crippen LogP contribution in [0.3, 0.4) is 0 Å². The van der Waals surface area contributed by atoms with Crippen molar-refractivity contribution in [1.29, 1.82) is 0 Å². The second-order valence-corrected chi connectivity index (χ2v) is 3.01. The fourth-order valence-electron chi connectivity index (χ4n) is 1.07. The van der Waals surface area contributed by atoms with Gasteiger partial charge in [0.05, 0.1) is 0 Å². The fourth-order valence-corrected chi connectivity index (χ4v) is 1.27. The summed E-state index contributed by atoms with van der Waals surface area (Å²) in [5, 5.41) is 7.11. The van der Waals surface area contributed by atoms with E-state index in [9.17, 15) is 0 Å². The van der Waals surface area contributed by atoms with Gasteiger partial charge in [0.15, 0.2) is 5.11 Å². The summed E-state index contributed by atoms with van der Waals surface area (Å²) in [6.07, 6.45) is 5.16. The highest BCUT2D eigenvalue weighted by molar-refractivity contribution is 7.80. The highest BCUT2D eigenvalue weighted by atomic mass is 32.1. The molecule has 0 radical (unpaired) electrons. The highest BCUT2D eigenvalue weighted by Crippen LogP contribution is 1.98. The molecule has 2 nitrogen and oxygen atoms in total. The van der Waals surface area contributed by atoms with Crippen molar-refractivity contribution < 1.29 is 0 Å². The van der Waals surface area contributed by atoms with E-state index in [0.29, 0.717) is 0 Å². The Labute approximate surface area is 67.4 Å². The Bertz CT molecular complexity index is 102. The molecule has 1 aliphatic heterocycles. The Hall–Kier alpha value is -0.310. The summed E-state index contributed by atoms with van der Waals surface area (Å²) >= 11 is 4.99. The molecule has 0 aromatic heterocycles. The van der Waals surface area contributed by atoms with Crippen LogP contribution in [-0.2, 0) is 0 Å². The molecule has 0 amide bonds. The summed E-state index contributed by atoms with van der Waals surface area (Å²) in [6.45, 7) is 2.07. The molecule has 1 aliphatic rings. The predicted octanol–water partition coefficient (Wildman–Crippen LogP) is 1.02. The number of thiocarbonyl (C=S) groups is 1. The molecule has 0 unspecified atom stereocenters. The van der Waals surface area contributed by atoms with E-state index in [-0.39, 0.29) is 0 Å². The van der Waals surface area contributed by atoms with Crippen molar-refractivity contribution in [1.82, 2.24) is 10.6 Å². The number of hydrogen-bond donors (Lipinski definition) is 2. The van der Waals surface area contributed by atoms with Gasteiger partial charge in [-0.3, -0.25) is 0 Å². The molecule has 0 aromatic rings. The zero-order valence-electron chi connectivity index (χ0n) is 6.15. The predicted molar refractivity (Wildman–Crippen MR) is 47.1 cm³/mol. The lowest BCUT2D eigenvalue weighted by molar-refractivity contribution is 0.647. The molecule has 1 saturated heterocycles. The molecule has 0 spiro atoms. The minimum atomic E-state index is 0.821. The number of nitrogens with one attached hydrogen (secondary N) is 2. The van der Waals surface area contributed by atoms with Crippen molar-refractivity contribution in [2.24, 2.45) is 0 Å². The van der Waals surface area contributed by atoms with Crippen molar-refractivity contribution >= 4 is 17.3 Å². The van der Waals surface area contributed by atoms with Gasteiger partial charge in [-0.1, -0.05) is 12.8 Å². The second-order valence-electron chi connectivity index (χ2n) is 2.60. The summed E-state index contributed by atoms with van der Waals surface area (Å²) < 4.78 is 0. The summed E-state index contributed by atoms with van der Waals surface area (Å²) in [5.41, 5.74) is 0. The number of rotatable bonds is 0. The quantitative estimate of drug-likeness (QED) is 0.515. The van der Waals surface area contributed by atoms with Crippen LogP contribution in [0.4, 0.5) is 0 Å². The first kappa shape index (κ1) is 7.79. The van der Waals surface area contributed by atoms with Crippen molar-refractivity contribution in [3.05, 3.63) is 0 Å². The minimum Gasteiger partial charge on any atom is -0.363 e. The van der Waals surface area contributed by atoms with Crippen LogP contribution in [-0.4, -0.2) is 18.2 Å². The Morgan fingerprint density at radius 1 is 0.900 bits per heavy atom. The largest absolute Gasteiger partial charge is 0.363 e. The molecule has 10 heavy (non-hydrogen) atoms. The third-order valence-electron chi connectivity index (χ3n) is 1.67. The lowest BCUT2D eigenvalue weighted by Crippen LogP contribution is -2.35. The maximum absolute atomic E-state index is 4.99. The van der Waals surface area contributed by atoms with Crippen LogP contribution < -0.4 is 10.6 Å². The monoisotopic (exact) mass is 158 g/mol. The summed E-state index contributed by atoms with van der Waals surface area (Å²) in [7, 11) is 0. The van der Waals surface area contributed by atoms with Gasteiger partial charge in [0, 0.05) is 13.1 Å². The SMILES string of the molecule is S=C1NCCCCCCN1. The highest BCUT2D eigenvalue weighted by Gasteiger charge is 1.97. The molecule has 1 fully saturated rings. The van der Waals surface area contributed by atoms with Gasteiger partial charge >= 0.3 is 0 Å². The molecule has 0 atom stereocenters. The van der Waals surface area contributed by atoms with Crippen molar-refractivity contribution in [3.63, 3.8) is 0 Å². The minimum absolute atomic E-state index is 0.821. The molecular weight excluding hydrogens is 144 g/mol. The van der Waals surface area contributed by atoms with Crippen LogP contribution in [0.5, 0.6) is 0 Å². The zero-order chi connectivity index (χ0) is 7.23. The second kappa shape index (κ2) is 4.50. The first-order chi connectivity index (χ1) is 4.89. The maximum Gasteiger partial charge on any atom is 0.166 e. The molecule has 0 bridgehead atoms. The van der Waals surface area contributed by atoms with E-state index in [4.69, 9.17) is 12.2 Å². The van der Waals surface area contributed by atoms with Crippen LogP contribution >= 0.6 is 12.2 Å². The average Bonchev–Trinajstić information content (AvgIpc) is 2.02. The van der Waals surface area contributed by atoms with E-state index in [1.165, 1.54) is 25.7 Å². The Morgan fingerprint density at radius 2 is 1.40 bits per heavy atom. The molecule has 58 valence electrons. The lowest BCUT2D eigenvalue weighted by atomic mass is 10.2. The van der Waals surface area contributed by atoms with E-state index < -0.39 is 0 Å². The molecule has 0 saturated carbocycles. The van der Waals surface area contributed by atoms with E-state index in [1.54, 1.807) is 0 Å². The van der Waals surface area contributed by atoms with Gasteiger partial charge in [-0.05, 0) is 25.1 Å². The van der Waals surface area contributed by atoms with E-state index in [0.717, 1.165) is 18.2 Å². The normalized spacial score (nSPS) is 21.4. The van der Waals surface area contributed by atoms with E-state index >= 15 is 0 Å². The zero-order valence-corrected chi connectivity index (χ0v) is 6.97. The smallest absolute Gasteiger partial charge is 0.166 e. The summed E-state index contributed by atoms with van der Waals surface area (Å²) in [4.78, 5) is 0. The molecule has 1 heterocycles. The van der Waals surface area contributed by atoms with Gasteiger partial charge in [0.2, 0.25) is 0 Å².